The Hall–Kier alpha value is -1.48. The van der Waals surface area contributed by atoms with Gasteiger partial charge in [-0.3, -0.25) is 4.79 Å². The summed E-state index contributed by atoms with van der Waals surface area (Å²) >= 11 is 13.4. The maximum absolute atomic E-state index is 12.2. The molecule has 0 fully saturated rings. The van der Waals surface area contributed by atoms with E-state index in [1.54, 1.807) is 30.3 Å². The van der Waals surface area contributed by atoms with Gasteiger partial charge in [-0.05, 0) is 52.3 Å². The predicted molar refractivity (Wildman–Crippen MR) is 85.5 cm³/mol. The topological polar surface area (TPSA) is 52.9 Å². The third kappa shape index (κ3) is 3.34. The number of halogens is 2. The second kappa shape index (κ2) is 6.31. The van der Waals surface area contributed by atoms with E-state index in [2.05, 4.69) is 33.9 Å². The van der Waals surface area contributed by atoms with Crippen molar-refractivity contribution in [1.82, 2.24) is 0 Å². The average Bonchev–Trinajstić information content (AvgIpc) is 2.41. The number of carbonyl (C=O) groups excluding carboxylic acids is 1. The van der Waals surface area contributed by atoms with Gasteiger partial charge < -0.3 is 5.32 Å². The molecule has 3 nitrogen and oxygen atoms in total. The maximum Gasteiger partial charge on any atom is 0.256 e. The number of carbonyl (C=O) groups is 1. The average molecular weight is 368 g/mol. The van der Waals surface area contributed by atoms with Gasteiger partial charge in [-0.15, -0.1) is 12.6 Å². The van der Waals surface area contributed by atoms with Crippen molar-refractivity contribution in [3.05, 3.63) is 57.0 Å². The van der Waals surface area contributed by atoms with Gasteiger partial charge in [0.05, 0.1) is 16.8 Å². The lowest BCUT2D eigenvalue weighted by Gasteiger charge is -2.09. The predicted octanol–water partition coefficient (Wildman–Crippen LogP) is 4.52. The van der Waals surface area contributed by atoms with Gasteiger partial charge in [-0.1, -0.05) is 11.6 Å². The number of nitrogens with zero attached hydrogens (tertiary/aromatic N) is 1. The Kier molecular flexibility index (Phi) is 4.71. The molecule has 1 amide bonds. The van der Waals surface area contributed by atoms with Crippen molar-refractivity contribution in [2.45, 2.75) is 4.90 Å². The van der Waals surface area contributed by atoms with Crippen LogP contribution in [-0.2, 0) is 0 Å². The molecule has 0 spiro atoms. The molecule has 0 aromatic heterocycles. The molecule has 0 saturated heterocycles. The number of hydrogen-bond acceptors (Lipinski definition) is 3. The van der Waals surface area contributed by atoms with E-state index in [0.717, 1.165) is 0 Å². The zero-order chi connectivity index (χ0) is 14.7. The first-order valence-corrected chi connectivity index (χ1v) is 7.12. The maximum atomic E-state index is 12.2. The smallest absolute Gasteiger partial charge is 0.256 e. The first kappa shape index (κ1) is 14.9. The van der Waals surface area contributed by atoms with Gasteiger partial charge in [0, 0.05) is 14.4 Å². The lowest BCUT2D eigenvalue weighted by Crippen LogP contribution is -2.13. The summed E-state index contributed by atoms with van der Waals surface area (Å²) in [7, 11) is 0. The summed E-state index contributed by atoms with van der Waals surface area (Å²) in [6, 6.07) is 11.8. The highest BCUT2D eigenvalue weighted by atomic mass is 79.9. The highest BCUT2D eigenvalue weighted by Gasteiger charge is 2.13. The standard InChI is InChI=1S/C14H8BrClN2OS/c15-12-4-3-10(20)6-11(12)14(19)18-13-5-9(16)2-1-8(13)7-17/h1-6,20H,(H,18,19). The van der Waals surface area contributed by atoms with Crippen LogP contribution in [0.25, 0.3) is 0 Å². The molecule has 2 aromatic carbocycles. The molecule has 1 N–H and O–H groups in total. The monoisotopic (exact) mass is 366 g/mol. The van der Waals surface area contributed by atoms with Crippen LogP contribution in [-0.4, -0.2) is 5.91 Å². The normalized spacial score (nSPS) is 9.90. The molecule has 2 aromatic rings. The van der Waals surface area contributed by atoms with Gasteiger partial charge >= 0.3 is 0 Å². The van der Waals surface area contributed by atoms with Crippen LogP contribution in [0.5, 0.6) is 0 Å². The summed E-state index contributed by atoms with van der Waals surface area (Å²) in [5.74, 6) is -0.341. The number of rotatable bonds is 2. The quantitative estimate of drug-likeness (QED) is 0.767. The minimum absolute atomic E-state index is 0.341. The summed E-state index contributed by atoms with van der Waals surface area (Å²) in [6.07, 6.45) is 0. The van der Waals surface area contributed by atoms with E-state index in [0.29, 0.717) is 31.2 Å². The minimum atomic E-state index is -0.341. The lowest BCUT2D eigenvalue weighted by molar-refractivity contribution is 0.102. The van der Waals surface area contributed by atoms with Crippen molar-refractivity contribution >= 4 is 51.8 Å². The van der Waals surface area contributed by atoms with Crippen LogP contribution < -0.4 is 5.32 Å². The fourth-order valence-corrected chi connectivity index (χ4v) is 2.40. The molecule has 20 heavy (non-hydrogen) atoms. The Morgan fingerprint density at radius 1 is 1.30 bits per heavy atom. The Bertz CT molecular complexity index is 728. The van der Waals surface area contributed by atoms with Crippen LogP contribution in [0.2, 0.25) is 5.02 Å². The lowest BCUT2D eigenvalue weighted by atomic mass is 10.1. The van der Waals surface area contributed by atoms with E-state index < -0.39 is 0 Å². The molecule has 0 aliphatic heterocycles. The van der Waals surface area contributed by atoms with Gasteiger partial charge in [0.15, 0.2) is 0 Å². The molecule has 0 saturated carbocycles. The molecular formula is C14H8BrClN2OS. The van der Waals surface area contributed by atoms with Crippen LogP contribution in [0.4, 0.5) is 5.69 Å². The molecule has 2 rings (SSSR count). The Balaban J connectivity index is 2.35. The van der Waals surface area contributed by atoms with Gasteiger partial charge in [0.1, 0.15) is 6.07 Å². The van der Waals surface area contributed by atoms with Crippen molar-refractivity contribution in [2.75, 3.05) is 5.32 Å². The first-order chi connectivity index (χ1) is 9.51. The minimum Gasteiger partial charge on any atom is -0.321 e. The van der Waals surface area contributed by atoms with Gasteiger partial charge in [-0.25, -0.2) is 0 Å². The third-order valence-electron chi connectivity index (χ3n) is 2.54. The van der Waals surface area contributed by atoms with Crippen molar-refractivity contribution in [2.24, 2.45) is 0 Å². The molecule has 0 bridgehead atoms. The van der Waals surface area contributed by atoms with Crippen LogP contribution in [0.15, 0.2) is 45.8 Å². The number of nitrogens with one attached hydrogen (secondary N) is 1. The Labute approximate surface area is 135 Å². The molecule has 6 heteroatoms. The SMILES string of the molecule is N#Cc1ccc(Cl)cc1NC(=O)c1cc(S)ccc1Br. The number of nitriles is 1. The fourth-order valence-electron chi connectivity index (χ4n) is 1.59. The van der Waals surface area contributed by atoms with Crippen LogP contribution in [0.3, 0.4) is 0 Å². The number of thiol groups is 1. The van der Waals surface area contributed by atoms with E-state index in [9.17, 15) is 4.79 Å². The van der Waals surface area contributed by atoms with Gasteiger partial charge in [-0.2, -0.15) is 5.26 Å². The van der Waals surface area contributed by atoms with Gasteiger partial charge in [0.2, 0.25) is 0 Å². The second-order valence-corrected chi connectivity index (χ2v) is 5.73. The highest BCUT2D eigenvalue weighted by Crippen LogP contribution is 2.24. The zero-order valence-corrected chi connectivity index (χ0v) is 13.3. The number of amides is 1. The Morgan fingerprint density at radius 3 is 2.75 bits per heavy atom. The highest BCUT2D eigenvalue weighted by molar-refractivity contribution is 9.10. The largest absolute Gasteiger partial charge is 0.321 e. The molecule has 0 heterocycles. The molecule has 0 radical (unpaired) electrons. The van der Waals surface area contributed by atoms with Crippen LogP contribution in [0, 0.1) is 11.3 Å². The number of anilines is 1. The molecule has 0 atom stereocenters. The summed E-state index contributed by atoms with van der Waals surface area (Å²) in [5.41, 5.74) is 1.16. The Morgan fingerprint density at radius 2 is 2.05 bits per heavy atom. The summed E-state index contributed by atoms with van der Waals surface area (Å²) in [6.45, 7) is 0. The van der Waals surface area contributed by atoms with E-state index in [4.69, 9.17) is 16.9 Å². The van der Waals surface area contributed by atoms with Crippen molar-refractivity contribution in [3.63, 3.8) is 0 Å². The van der Waals surface area contributed by atoms with Crippen LogP contribution in [0.1, 0.15) is 15.9 Å². The molecule has 0 aliphatic rings. The summed E-state index contributed by atoms with van der Waals surface area (Å²) < 4.78 is 0.647. The molecular weight excluding hydrogens is 360 g/mol. The van der Waals surface area contributed by atoms with E-state index in [1.807, 2.05) is 6.07 Å². The number of hydrogen-bond donors (Lipinski definition) is 2. The summed E-state index contributed by atoms with van der Waals surface area (Å²) in [4.78, 5) is 12.9. The molecule has 100 valence electrons. The van der Waals surface area contributed by atoms with Gasteiger partial charge in [0.25, 0.3) is 5.91 Å². The number of benzene rings is 2. The molecule has 0 unspecified atom stereocenters. The zero-order valence-electron chi connectivity index (χ0n) is 10.0. The third-order valence-corrected chi connectivity index (χ3v) is 3.75. The fraction of sp³-hybridized carbons (Fsp3) is 0. The molecule has 0 aliphatic carbocycles. The van der Waals surface area contributed by atoms with E-state index in [1.165, 1.54) is 6.07 Å². The summed E-state index contributed by atoms with van der Waals surface area (Å²) in [5, 5.41) is 12.1. The van der Waals surface area contributed by atoms with Crippen molar-refractivity contribution in [1.29, 1.82) is 5.26 Å². The first-order valence-electron chi connectivity index (χ1n) is 5.51. The van der Waals surface area contributed by atoms with E-state index in [-0.39, 0.29) is 5.91 Å². The van der Waals surface area contributed by atoms with Crippen molar-refractivity contribution < 1.29 is 4.79 Å². The van der Waals surface area contributed by atoms with Crippen LogP contribution >= 0.6 is 40.2 Å². The van der Waals surface area contributed by atoms with Crippen molar-refractivity contribution in [3.8, 4) is 6.07 Å². The second-order valence-electron chi connectivity index (χ2n) is 3.92. The van der Waals surface area contributed by atoms with E-state index >= 15 is 0 Å².